The van der Waals surface area contributed by atoms with Crippen LogP contribution in [0.5, 0.6) is 57.5 Å². The van der Waals surface area contributed by atoms with E-state index < -0.39 is 68.6 Å². The largest absolute Gasteiger partial charge is 0.504 e. The van der Waals surface area contributed by atoms with Gasteiger partial charge in [0.15, 0.2) is 46.1 Å². The Balaban J connectivity index is 1.24. The molecule has 0 amide bonds. The first-order valence-corrected chi connectivity index (χ1v) is 22.3. The quantitative estimate of drug-likeness (QED) is 0.0527. The van der Waals surface area contributed by atoms with Crippen LogP contribution >= 0.6 is 0 Å². The van der Waals surface area contributed by atoms with Gasteiger partial charge in [-0.3, -0.25) is 0 Å². The lowest BCUT2D eigenvalue weighted by Crippen LogP contribution is -2.04. The molecule has 0 spiro atoms. The normalized spacial score (nSPS) is 11.6. The van der Waals surface area contributed by atoms with Gasteiger partial charge in [0, 0.05) is 38.2 Å². The average Bonchev–Trinajstić information content (AvgIpc) is 3.97. The molecule has 0 saturated heterocycles. The van der Waals surface area contributed by atoms with Crippen LogP contribution in [0.25, 0.3) is 117 Å². The Bertz CT molecular complexity index is 4170. The Morgan fingerprint density at radius 1 is 0.333 bits per heavy atom. The maximum atomic E-state index is 11.4. The Kier molecular flexibility index (Phi) is 9.60. The van der Waals surface area contributed by atoms with Gasteiger partial charge in [-0.2, -0.15) is 0 Å². The molecule has 0 bridgehead atoms. The molecular formula is C57H36N4O11. The maximum absolute atomic E-state index is 11.4. The number of aromatic nitrogens is 4. The van der Waals surface area contributed by atoms with Gasteiger partial charge in [0.25, 0.3) is 0 Å². The second-order valence-corrected chi connectivity index (χ2v) is 17.1. The molecule has 0 fully saturated rings. The zero-order chi connectivity index (χ0) is 49.7. The Morgan fingerprint density at radius 3 is 1.54 bits per heavy atom. The van der Waals surface area contributed by atoms with Crippen LogP contribution in [0.3, 0.4) is 0 Å². The smallest absolute Gasteiger partial charge is 0.208 e. The van der Waals surface area contributed by atoms with Crippen LogP contribution in [0.1, 0.15) is 0 Å². The number of nitrogens with zero attached hydrogens (tertiary/aromatic N) is 4. The van der Waals surface area contributed by atoms with Gasteiger partial charge >= 0.3 is 0 Å². The van der Waals surface area contributed by atoms with Crippen LogP contribution in [-0.2, 0) is 0 Å². The van der Waals surface area contributed by atoms with E-state index in [9.17, 15) is 51.1 Å². The molecule has 0 aliphatic rings. The highest BCUT2D eigenvalue weighted by Gasteiger charge is 2.31. The van der Waals surface area contributed by atoms with E-state index in [1.165, 1.54) is 18.2 Å². The highest BCUT2D eigenvalue weighted by atomic mass is 16.4. The molecule has 0 saturated carbocycles. The Labute approximate surface area is 405 Å². The topological polar surface area (TPSA) is 259 Å². The minimum Gasteiger partial charge on any atom is -0.504 e. The SMILES string of the molecule is Oc1c(O)c(O)c(-c2ccc3c4c(-c5c(O)c(O)c(O)c(O)c5O)cccc4n(-c4c(-c5nc(-c6ccccc6)nc(-c6cccc(-c7ccccc7)c6)n5)ccc5c4oc4ccccc45)c3c2)c(O)c1O. The molecular weight excluding hydrogens is 917 g/mol. The fraction of sp³-hybridized carbons (Fsp3) is 0. The van der Waals surface area contributed by atoms with Crippen molar-refractivity contribution in [2.24, 2.45) is 0 Å². The van der Waals surface area contributed by atoms with Crippen molar-refractivity contribution in [2.75, 3.05) is 0 Å². The summed E-state index contributed by atoms with van der Waals surface area (Å²) in [6.45, 7) is 0. The summed E-state index contributed by atoms with van der Waals surface area (Å²) in [6.07, 6.45) is 0. The number of hydrogen-bond acceptors (Lipinski definition) is 14. The molecule has 15 nitrogen and oxygen atoms in total. The summed E-state index contributed by atoms with van der Waals surface area (Å²) in [5.41, 5.74) is 4.79. The predicted octanol–water partition coefficient (Wildman–Crippen LogP) is 11.9. The van der Waals surface area contributed by atoms with Gasteiger partial charge in [0.05, 0.1) is 22.2 Å². The van der Waals surface area contributed by atoms with Crippen LogP contribution in [0, 0.1) is 0 Å². The molecule has 0 unspecified atom stereocenters. The molecule has 72 heavy (non-hydrogen) atoms. The summed E-state index contributed by atoms with van der Waals surface area (Å²) in [6, 6.07) is 47.7. The van der Waals surface area contributed by atoms with E-state index in [0.717, 1.165) is 16.5 Å². The lowest BCUT2D eigenvalue weighted by atomic mass is 9.95. The number of furan rings is 1. The average molecular weight is 953 g/mol. The van der Waals surface area contributed by atoms with Crippen LogP contribution < -0.4 is 0 Å². The molecule has 9 aromatic carbocycles. The number of aromatic hydroxyl groups is 10. The van der Waals surface area contributed by atoms with Crippen molar-refractivity contribution in [1.29, 1.82) is 0 Å². The zero-order valence-corrected chi connectivity index (χ0v) is 37.2. The van der Waals surface area contributed by atoms with Crippen molar-refractivity contribution in [3.63, 3.8) is 0 Å². The van der Waals surface area contributed by atoms with E-state index in [-0.39, 0.29) is 22.5 Å². The van der Waals surface area contributed by atoms with Crippen LogP contribution in [0.4, 0.5) is 0 Å². The molecule has 0 aliphatic heterocycles. The van der Waals surface area contributed by atoms with Gasteiger partial charge in [-0.25, -0.2) is 15.0 Å². The maximum Gasteiger partial charge on any atom is 0.208 e. The lowest BCUT2D eigenvalue weighted by molar-refractivity contribution is 0.330. The van der Waals surface area contributed by atoms with Gasteiger partial charge < -0.3 is 60.0 Å². The summed E-state index contributed by atoms with van der Waals surface area (Å²) in [5, 5.41) is 111. The molecule has 15 heteroatoms. The molecule has 12 rings (SSSR count). The first-order valence-electron chi connectivity index (χ1n) is 22.3. The minimum absolute atomic E-state index is 0.0322. The molecule has 12 aromatic rings. The van der Waals surface area contributed by atoms with Crippen molar-refractivity contribution < 1.29 is 55.5 Å². The number of phenolic OH excluding ortho intramolecular Hbond substituents is 10. The third-order valence-corrected chi connectivity index (χ3v) is 13.0. The number of rotatable bonds is 7. The molecule has 3 heterocycles. The van der Waals surface area contributed by atoms with Gasteiger partial charge in [-0.05, 0) is 58.7 Å². The van der Waals surface area contributed by atoms with Crippen LogP contribution in [0.2, 0.25) is 0 Å². The molecule has 350 valence electrons. The Morgan fingerprint density at radius 2 is 0.861 bits per heavy atom. The van der Waals surface area contributed by atoms with Crippen molar-refractivity contribution >= 4 is 43.7 Å². The third-order valence-electron chi connectivity index (χ3n) is 13.0. The van der Waals surface area contributed by atoms with Crippen LogP contribution in [-0.4, -0.2) is 70.6 Å². The van der Waals surface area contributed by atoms with E-state index in [1.807, 2.05) is 121 Å². The molecule has 0 aliphatic carbocycles. The van der Waals surface area contributed by atoms with E-state index in [2.05, 4.69) is 0 Å². The fourth-order valence-corrected chi connectivity index (χ4v) is 9.56. The molecule has 0 radical (unpaired) electrons. The standard InChI is InChI=1S/C57H36N4O11/c62-44-40(45(63)49(67)52(70)48(44)66)30-21-22-34-38(26-30)61(37-19-10-18-35(41(34)37)42-46(64)50(68)53(71)51(69)47(42)65)43-36(24-23-33-32-17-7-8-20-39(32)72-54(33)43)57-59-55(28-13-5-2-6-14-28)58-56(60-57)31-16-9-15-29(25-31)27-11-3-1-4-12-27/h1-26,62-71H. The number of phenols is 10. The van der Waals surface area contributed by atoms with E-state index in [4.69, 9.17) is 19.4 Å². The van der Waals surface area contributed by atoms with Crippen molar-refractivity contribution in [3.8, 4) is 131 Å². The zero-order valence-electron chi connectivity index (χ0n) is 37.2. The first-order chi connectivity index (χ1) is 34.9. The highest BCUT2D eigenvalue weighted by Crippen LogP contribution is 2.58. The number of hydrogen-bond donors (Lipinski definition) is 10. The molecule has 3 aromatic heterocycles. The summed E-state index contributed by atoms with van der Waals surface area (Å²) in [4.78, 5) is 15.3. The second-order valence-electron chi connectivity index (χ2n) is 17.1. The minimum atomic E-state index is -1.15. The molecule has 0 atom stereocenters. The predicted molar refractivity (Wildman–Crippen MR) is 271 cm³/mol. The summed E-state index contributed by atoms with van der Waals surface area (Å²) < 4.78 is 8.60. The first kappa shape index (κ1) is 42.9. The number of benzene rings is 9. The van der Waals surface area contributed by atoms with E-state index >= 15 is 0 Å². The third kappa shape index (κ3) is 6.41. The van der Waals surface area contributed by atoms with Gasteiger partial charge in [0.2, 0.25) is 34.5 Å². The monoisotopic (exact) mass is 952 g/mol. The summed E-state index contributed by atoms with van der Waals surface area (Å²) in [7, 11) is 0. The van der Waals surface area contributed by atoms with Crippen LogP contribution in [0.15, 0.2) is 162 Å². The summed E-state index contributed by atoms with van der Waals surface area (Å²) in [5.74, 6) is -9.55. The van der Waals surface area contributed by atoms with Gasteiger partial charge in [-0.15, -0.1) is 0 Å². The van der Waals surface area contributed by atoms with Crippen molar-refractivity contribution in [3.05, 3.63) is 158 Å². The molecule has 10 N–H and O–H groups in total. The van der Waals surface area contributed by atoms with Crippen molar-refractivity contribution in [2.45, 2.75) is 0 Å². The van der Waals surface area contributed by atoms with E-state index in [0.29, 0.717) is 66.9 Å². The van der Waals surface area contributed by atoms with E-state index in [1.54, 1.807) is 22.8 Å². The number of para-hydroxylation sites is 1. The van der Waals surface area contributed by atoms with Gasteiger partial charge in [0.1, 0.15) is 11.3 Å². The Hall–Kier alpha value is -10.4. The van der Waals surface area contributed by atoms with Gasteiger partial charge in [-0.1, -0.05) is 121 Å². The second kappa shape index (κ2) is 16.1. The lowest BCUT2D eigenvalue weighted by Gasteiger charge is -2.16. The highest BCUT2D eigenvalue weighted by molar-refractivity contribution is 6.20. The number of fused-ring (bicyclic) bond motifs is 6. The summed E-state index contributed by atoms with van der Waals surface area (Å²) >= 11 is 0. The van der Waals surface area contributed by atoms with Crippen molar-refractivity contribution in [1.82, 2.24) is 19.5 Å². The fourth-order valence-electron chi connectivity index (χ4n) is 9.56.